The number of Topliss-reactive ketones (excluding diaryl/α,β-unsaturated/α-hetero) is 1. The maximum absolute atomic E-state index is 13.5. The molecule has 11 heteroatoms. The molecule has 0 aromatic carbocycles. The normalized spacial score (nSPS) is 49.6. The Kier molecular flexibility index (Phi) is 6.89. The number of ketones is 1. The van der Waals surface area contributed by atoms with Gasteiger partial charge < -0.3 is 38.6 Å². The van der Waals surface area contributed by atoms with Crippen LogP contribution >= 0.6 is 0 Å². The van der Waals surface area contributed by atoms with Crippen LogP contribution in [0, 0.1) is 28.1 Å². The minimum absolute atomic E-state index is 0.0388. The molecule has 3 heterocycles. The predicted octanol–water partition coefficient (Wildman–Crippen LogP) is 1.66. The quantitative estimate of drug-likeness (QED) is 0.370. The topological polar surface area (TPSA) is 147 Å². The van der Waals surface area contributed by atoms with Crippen LogP contribution in [0.15, 0.2) is 12.2 Å². The first-order valence-electron chi connectivity index (χ1n) is 13.9. The van der Waals surface area contributed by atoms with Gasteiger partial charge in [0, 0.05) is 43.3 Å². The second-order valence-electron chi connectivity index (χ2n) is 13.2. The zero-order valence-electron chi connectivity index (χ0n) is 24.4. The van der Waals surface area contributed by atoms with E-state index in [1.54, 1.807) is 0 Å². The van der Waals surface area contributed by atoms with Crippen molar-refractivity contribution in [2.45, 2.75) is 102 Å². The van der Waals surface area contributed by atoms with Gasteiger partial charge in [0.15, 0.2) is 18.2 Å². The predicted molar refractivity (Wildman–Crippen MR) is 137 cm³/mol. The molecule has 0 amide bonds. The molecule has 224 valence electrons. The molecule has 2 N–H and O–H groups in total. The highest BCUT2D eigenvalue weighted by atomic mass is 16.8. The van der Waals surface area contributed by atoms with Crippen LogP contribution in [0.5, 0.6) is 0 Å². The highest BCUT2D eigenvalue weighted by Crippen LogP contribution is 2.71. The summed E-state index contributed by atoms with van der Waals surface area (Å²) < 4.78 is 34.1. The van der Waals surface area contributed by atoms with Gasteiger partial charge in [0.2, 0.25) is 0 Å². The number of esters is 2. The van der Waals surface area contributed by atoms with Crippen molar-refractivity contribution in [2.75, 3.05) is 21.3 Å². The Morgan fingerprint density at radius 3 is 2.40 bits per heavy atom. The van der Waals surface area contributed by atoms with Gasteiger partial charge in [-0.1, -0.05) is 34.3 Å². The van der Waals surface area contributed by atoms with Gasteiger partial charge in [-0.3, -0.25) is 14.4 Å². The largest absolute Gasteiger partial charge is 0.469 e. The van der Waals surface area contributed by atoms with Crippen LogP contribution < -0.4 is 0 Å². The van der Waals surface area contributed by atoms with Crippen molar-refractivity contribution < 1.29 is 53.0 Å². The third kappa shape index (κ3) is 3.48. The molecule has 5 rings (SSSR count). The molecule has 11 unspecified atom stereocenters. The summed E-state index contributed by atoms with van der Waals surface area (Å²) in [5.74, 6) is -1.68. The van der Waals surface area contributed by atoms with Crippen molar-refractivity contribution in [3.05, 3.63) is 12.2 Å². The second kappa shape index (κ2) is 9.31. The molecular weight excluding hydrogens is 524 g/mol. The molecule has 2 bridgehead atoms. The summed E-state index contributed by atoms with van der Waals surface area (Å²) in [6, 6.07) is 0. The molecule has 11 atom stereocenters. The molecule has 3 aliphatic heterocycles. The average molecular weight is 567 g/mol. The third-order valence-corrected chi connectivity index (χ3v) is 11.4. The highest BCUT2D eigenvalue weighted by molar-refractivity contribution is 5.87. The lowest BCUT2D eigenvalue weighted by Crippen LogP contribution is -2.77. The molecule has 40 heavy (non-hydrogen) atoms. The van der Waals surface area contributed by atoms with Gasteiger partial charge >= 0.3 is 11.9 Å². The molecule has 11 nitrogen and oxygen atoms in total. The zero-order valence-corrected chi connectivity index (χ0v) is 24.4. The number of ether oxygens (including phenoxy) is 6. The summed E-state index contributed by atoms with van der Waals surface area (Å²) in [7, 11) is 3.98. The Morgan fingerprint density at radius 2 is 1.80 bits per heavy atom. The highest BCUT2D eigenvalue weighted by Gasteiger charge is 2.78. The molecule has 5 fully saturated rings. The number of methoxy groups -OCH3 is 3. The molecule has 5 aliphatic rings. The summed E-state index contributed by atoms with van der Waals surface area (Å²) in [6.07, 6.45) is -5.15. The molecule has 2 saturated carbocycles. The minimum atomic E-state index is -2.19. The Balaban J connectivity index is 1.63. The number of rotatable bonds is 5. The van der Waals surface area contributed by atoms with E-state index in [1.165, 1.54) is 21.3 Å². The average Bonchev–Trinajstić information content (AvgIpc) is 3.15. The summed E-state index contributed by atoms with van der Waals surface area (Å²) in [5.41, 5.74) is -5.39. The summed E-state index contributed by atoms with van der Waals surface area (Å²) in [5, 5.41) is 23.2. The van der Waals surface area contributed by atoms with Crippen molar-refractivity contribution in [1.82, 2.24) is 0 Å². The van der Waals surface area contributed by atoms with E-state index in [-0.39, 0.29) is 31.0 Å². The number of carbonyl (C=O) groups excluding carboxylic acids is 3. The first-order valence-corrected chi connectivity index (χ1v) is 13.9. The van der Waals surface area contributed by atoms with E-state index >= 15 is 0 Å². The molecule has 0 radical (unpaired) electrons. The molecule has 0 aromatic rings. The molecule has 0 aromatic heterocycles. The van der Waals surface area contributed by atoms with Crippen molar-refractivity contribution in [2.24, 2.45) is 28.1 Å². The van der Waals surface area contributed by atoms with Crippen LogP contribution in [0.2, 0.25) is 0 Å². The minimum Gasteiger partial charge on any atom is -0.469 e. The smallest absolute Gasteiger partial charge is 0.309 e. The molecule has 3 saturated heterocycles. The second-order valence-corrected chi connectivity index (χ2v) is 13.2. The van der Waals surface area contributed by atoms with Crippen LogP contribution in [0.4, 0.5) is 0 Å². The number of fused-ring (bicyclic) bond motifs is 3. The summed E-state index contributed by atoms with van der Waals surface area (Å²) in [4.78, 5) is 39.5. The Hall–Kier alpha value is -1.89. The fourth-order valence-corrected chi connectivity index (χ4v) is 9.00. The first-order chi connectivity index (χ1) is 18.6. The van der Waals surface area contributed by atoms with E-state index in [0.717, 1.165) is 0 Å². The zero-order chi connectivity index (χ0) is 29.6. The molecule has 2 aliphatic carbocycles. The van der Waals surface area contributed by atoms with Gasteiger partial charge in [0.05, 0.1) is 19.6 Å². The first kappa shape index (κ1) is 29.6. The maximum atomic E-state index is 13.5. The Morgan fingerprint density at radius 1 is 1.12 bits per heavy atom. The van der Waals surface area contributed by atoms with E-state index in [0.29, 0.717) is 18.4 Å². The van der Waals surface area contributed by atoms with Crippen LogP contribution in [-0.2, 0) is 42.8 Å². The lowest BCUT2D eigenvalue weighted by atomic mass is 9.41. The number of hydrogen-bond acceptors (Lipinski definition) is 11. The van der Waals surface area contributed by atoms with E-state index in [9.17, 15) is 24.6 Å². The van der Waals surface area contributed by atoms with Gasteiger partial charge in [0.1, 0.15) is 23.6 Å². The van der Waals surface area contributed by atoms with E-state index in [2.05, 4.69) is 13.5 Å². The lowest BCUT2D eigenvalue weighted by Gasteiger charge is -2.71. The number of aliphatic hydroxyl groups excluding tert-OH is 1. The van der Waals surface area contributed by atoms with E-state index in [4.69, 9.17) is 28.4 Å². The van der Waals surface area contributed by atoms with Crippen LogP contribution in [0.1, 0.15) is 59.8 Å². The standard InChI is InChI=1S/C29H42O11/c1-14-15-9-10-26(4)23(29(34)21(33)22(36-7)39-24(29)37-8)38-20(32)13-28(14,26)40-18-12-17(30)25(2,3)16(27(15,18)5)11-19(31)35-6/h15-16,18,21-24,33-34H,1,9-13H2,2-8H3. The van der Waals surface area contributed by atoms with Gasteiger partial charge in [-0.2, -0.15) is 0 Å². The van der Waals surface area contributed by atoms with Gasteiger partial charge in [-0.25, -0.2) is 0 Å². The monoisotopic (exact) mass is 566 g/mol. The SMILES string of the molecule is C=C1C2CCC3(C)C(C4(O)C(OC)OC(OC)C4O)OC(=O)CC13OC1CC(=O)C(C)(C)C(CC(=O)OC)C12C. The van der Waals surface area contributed by atoms with Gasteiger partial charge in [-0.15, -0.1) is 0 Å². The number of aliphatic hydroxyl groups is 2. The van der Waals surface area contributed by atoms with Crippen LogP contribution in [-0.4, -0.2) is 91.4 Å². The number of hydrogen-bond donors (Lipinski definition) is 2. The summed E-state index contributed by atoms with van der Waals surface area (Å²) >= 11 is 0. The fraction of sp³-hybridized carbons (Fsp3) is 0.828. The van der Waals surface area contributed by atoms with Crippen molar-refractivity contribution in [1.29, 1.82) is 0 Å². The Bertz CT molecular complexity index is 1120. The van der Waals surface area contributed by atoms with Crippen molar-refractivity contribution >= 4 is 17.7 Å². The lowest BCUT2D eigenvalue weighted by molar-refractivity contribution is -0.330. The van der Waals surface area contributed by atoms with Gasteiger partial charge in [0.25, 0.3) is 0 Å². The van der Waals surface area contributed by atoms with Crippen LogP contribution in [0.25, 0.3) is 0 Å². The van der Waals surface area contributed by atoms with Crippen molar-refractivity contribution in [3.63, 3.8) is 0 Å². The van der Waals surface area contributed by atoms with Crippen LogP contribution in [0.3, 0.4) is 0 Å². The third-order valence-electron chi connectivity index (χ3n) is 11.4. The molecular formula is C29H42O11. The van der Waals surface area contributed by atoms with E-state index in [1.807, 2.05) is 20.8 Å². The number of cyclic esters (lactones) is 1. The fourth-order valence-electron chi connectivity index (χ4n) is 9.00. The maximum Gasteiger partial charge on any atom is 0.309 e. The summed E-state index contributed by atoms with van der Waals surface area (Å²) in [6.45, 7) is 12.1. The Labute approximate surface area is 234 Å². The number of carbonyl (C=O) groups is 3. The molecule has 1 spiro atoms. The van der Waals surface area contributed by atoms with Crippen molar-refractivity contribution in [3.8, 4) is 0 Å². The van der Waals surface area contributed by atoms with E-state index < -0.39 is 76.2 Å². The van der Waals surface area contributed by atoms with Gasteiger partial charge in [-0.05, 0) is 30.3 Å².